The van der Waals surface area contributed by atoms with E-state index in [2.05, 4.69) is 13.8 Å². The van der Waals surface area contributed by atoms with Crippen LogP contribution >= 0.6 is 0 Å². The van der Waals surface area contributed by atoms with Crippen LogP contribution in [0.1, 0.15) is 50.7 Å². The molecule has 1 aromatic carbocycles. The monoisotopic (exact) mass is 251 g/mol. The second kappa shape index (κ2) is 7.52. The number of rotatable bonds is 7. The third-order valence-electron chi connectivity index (χ3n) is 3.69. The van der Waals surface area contributed by atoms with Crippen LogP contribution in [0.2, 0.25) is 0 Å². The number of nitrogens with two attached hydrogens (primary N) is 1. The first-order valence-corrected chi connectivity index (χ1v) is 7.09. The molecule has 102 valence electrons. The summed E-state index contributed by atoms with van der Waals surface area (Å²) < 4.78 is 13.3. The predicted molar refractivity (Wildman–Crippen MR) is 76.1 cm³/mol. The lowest BCUT2D eigenvalue weighted by Gasteiger charge is -2.24. The van der Waals surface area contributed by atoms with E-state index in [-0.39, 0.29) is 11.9 Å². The number of halogens is 1. The number of hydrogen-bond acceptors (Lipinski definition) is 1. The van der Waals surface area contributed by atoms with Crippen molar-refractivity contribution in [3.05, 3.63) is 35.1 Å². The van der Waals surface area contributed by atoms with Crippen molar-refractivity contribution in [1.82, 2.24) is 0 Å². The molecule has 0 aliphatic carbocycles. The molecule has 0 saturated heterocycles. The maximum atomic E-state index is 13.3. The molecule has 2 heteroatoms. The fourth-order valence-corrected chi connectivity index (χ4v) is 2.59. The summed E-state index contributed by atoms with van der Waals surface area (Å²) in [6, 6.07) is 5.13. The van der Waals surface area contributed by atoms with Crippen molar-refractivity contribution in [2.24, 2.45) is 11.7 Å². The van der Waals surface area contributed by atoms with Gasteiger partial charge in [0.15, 0.2) is 0 Å². The smallest absolute Gasteiger partial charge is 0.123 e. The van der Waals surface area contributed by atoms with Crippen LogP contribution in [0, 0.1) is 18.7 Å². The Bertz CT molecular complexity index is 356. The highest BCUT2D eigenvalue weighted by Crippen LogP contribution is 2.21. The van der Waals surface area contributed by atoms with Crippen LogP contribution in [0.5, 0.6) is 0 Å². The van der Waals surface area contributed by atoms with E-state index < -0.39 is 0 Å². The minimum atomic E-state index is -0.162. The summed E-state index contributed by atoms with van der Waals surface area (Å²) in [4.78, 5) is 0. The Morgan fingerprint density at radius 3 is 2.33 bits per heavy atom. The molecule has 0 saturated carbocycles. The lowest BCUT2D eigenvalue weighted by molar-refractivity contribution is 0.359. The molecule has 0 spiro atoms. The average Bonchev–Trinajstić information content (AvgIpc) is 2.33. The molecular weight excluding hydrogens is 225 g/mol. The first kappa shape index (κ1) is 15.2. The lowest BCUT2D eigenvalue weighted by atomic mass is 9.86. The van der Waals surface area contributed by atoms with E-state index in [0.29, 0.717) is 5.92 Å². The second-order valence-corrected chi connectivity index (χ2v) is 5.28. The van der Waals surface area contributed by atoms with Crippen LogP contribution in [-0.4, -0.2) is 6.04 Å². The lowest BCUT2D eigenvalue weighted by Crippen LogP contribution is -2.32. The van der Waals surface area contributed by atoms with E-state index in [1.807, 2.05) is 13.0 Å². The molecule has 0 aliphatic heterocycles. The van der Waals surface area contributed by atoms with Gasteiger partial charge < -0.3 is 5.73 Å². The van der Waals surface area contributed by atoms with Gasteiger partial charge in [0, 0.05) is 6.04 Å². The van der Waals surface area contributed by atoms with Crippen LogP contribution in [0.4, 0.5) is 4.39 Å². The van der Waals surface area contributed by atoms with Gasteiger partial charge in [-0.2, -0.15) is 0 Å². The van der Waals surface area contributed by atoms with Gasteiger partial charge in [-0.25, -0.2) is 4.39 Å². The number of hydrogen-bond donors (Lipinski definition) is 1. The summed E-state index contributed by atoms with van der Waals surface area (Å²) in [6.07, 6.45) is 5.46. The van der Waals surface area contributed by atoms with Crippen LogP contribution in [-0.2, 0) is 6.42 Å². The van der Waals surface area contributed by atoms with Crippen molar-refractivity contribution in [1.29, 1.82) is 0 Å². The molecule has 1 nitrogen and oxygen atoms in total. The molecule has 1 rings (SSSR count). The molecule has 1 unspecified atom stereocenters. The van der Waals surface area contributed by atoms with Crippen molar-refractivity contribution >= 4 is 0 Å². The molecule has 18 heavy (non-hydrogen) atoms. The van der Waals surface area contributed by atoms with Crippen molar-refractivity contribution in [3.8, 4) is 0 Å². The highest BCUT2D eigenvalue weighted by molar-refractivity contribution is 5.27. The average molecular weight is 251 g/mol. The van der Waals surface area contributed by atoms with Crippen LogP contribution in [0.15, 0.2) is 18.2 Å². The molecule has 0 aliphatic rings. The third kappa shape index (κ3) is 4.41. The Labute approximate surface area is 111 Å². The molecule has 0 aromatic heterocycles. The van der Waals surface area contributed by atoms with Gasteiger partial charge in [0.05, 0.1) is 0 Å². The van der Waals surface area contributed by atoms with Crippen LogP contribution < -0.4 is 5.73 Å². The van der Waals surface area contributed by atoms with Gasteiger partial charge in [0.1, 0.15) is 5.82 Å². The van der Waals surface area contributed by atoms with Gasteiger partial charge in [-0.1, -0.05) is 32.8 Å². The zero-order valence-electron chi connectivity index (χ0n) is 11.9. The van der Waals surface area contributed by atoms with E-state index in [1.54, 1.807) is 6.07 Å². The predicted octanol–water partition coefficient (Wildman–Crippen LogP) is 4.22. The van der Waals surface area contributed by atoms with Gasteiger partial charge in [-0.05, 0) is 55.4 Å². The Morgan fingerprint density at radius 2 is 1.78 bits per heavy atom. The third-order valence-corrected chi connectivity index (χ3v) is 3.69. The van der Waals surface area contributed by atoms with E-state index >= 15 is 0 Å². The number of aryl methyl sites for hydroxylation is 1. The van der Waals surface area contributed by atoms with Crippen LogP contribution in [0.25, 0.3) is 0 Å². The van der Waals surface area contributed by atoms with Gasteiger partial charge in [-0.15, -0.1) is 0 Å². The fourth-order valence-electron chi connectivity index (χ4n) is 2.59. The quantitative estimate of drug-likeness (QED) is 0.771. The van der Waals surface area contributed by atoms with Gasteiger partial charge in [0.2, 0.25) is 0 Å². The zero-order chi connectivity index (χ0) is 13.5. The standard InChI is InChI=1S/C16H26FN/c1-4-6-13(7-5-2)16(18)11-14-10-15(17)9-8-12(14)3/h8-10,13,16H,4-7,11,18H2,1-3H3. The van der Waals surface area contributed by atoms with E-state index in [4.69, 9.17) is 5.73 Å². The first-order valence-electron chi connectivity index (χ1n) is 7.09. The van der Waals surface area contributed by atoms with Crippen molar-refractivity contribution in [2.45, 2.75) is 58.9 Å². The molecule has 0 heterocycles. The van der Waals surface area contributed by atoms with Gasteiger partial charge in [0.25, 0.3) is 0 Å². The van der Waals surface area contributed by atoms with E-state index in [1.165, 1.54) is 31.7 Å². The van der Waals surface area contributed by atoms with Crippen molar-refractivity contribution in [2.75, 3.05) is 0 Å². The molecule has 0 radical (unpaired) electrons. The highest BCUT2D eigenvalue weighted by Gasteiger charge is 2.17. The summed E-state index contributed by atoms with van der Waals surface area (Å²) >= 11 is 0. The molecule has 2 N–H and O–H groups in total. The molecule has 0 amide bonds. The fraction of sp³-hybridized carbons (Fsp3) is 0.625. The second-order valence-electron chi connectivity index (χ2n) is 5.28. The molecular formula is C16H26FN. The van der Waals surface area contributed by atoms with Gasteiger partial charge in [-0.3, -0.25) is 0 Å². The normalized spacial score (nSPS) is 13.0. The molecule has 1 atom stereocenters. The Hall–Kier alpha value is -0.890. The first-order chi connectivity index (χ1) is 8.58. The topological polar surface area (TPSA) is 26.0 Å². The van der Waals surface area contributed by atoms with Crippen molar-refractivity contribution in [3.63, 3.8) is 0 Å². The Balaban J connectivity index is 2.71. The van der Waals surface area contributed by atoms with Crippen molar-refractivity contribution < 1.29 is 4.39 Å². The zero-order valence-corrected chi connectivity index (χ0v) is 11.9. The Morgan fingerprint density at radius 1 is 1.17 bits per heavy atom. The minimum absolute atomic E-state index is 0.144. The van der Waals surface area contributed by atoms with E-state index in [0.717, 1.165) is 17.5 Å². The maximum absolute atomic E-state index is 13.3. The highest BCUT2D eigenvalue weighted by atomic mass is 19.1. The van der Waals surface area contributed by atoms with E-state index in [9.17, 15) is 4.39 Å². The van der Waals surface area contributed by atoms with Gasteiger partial charge >= 0.3 is 0 Å². The number of benzene rings is 1. The summed E-state index contributed by atoms with van der Waals surface area (Å²) in [6.45, 7) is 6.42. The largest absolute Gasteiger partial charge is 0.327 e. The minimum Gasteiger partial charge on any atom is -0.327 e. The summed E-state index contributed by atoms with van der Waals surface area (Å²) in [5.41, 5.74) is 8.51. The van der Waals surface area contributed by atoms with Crippen LogP contribution in [0.3, 0.4) is 0 Å². The summed E-state index contributed by atoms with van der Waals surface area (Å²) in [5, 5.41) is 0. The SMILES string of the molecule is CCCC(CCC)C(N)Cc1cc(F)ccc1C. The molecule has 1 aromatic rings. The summed E-state index contributed by atoms with van der Waals surface area (Å²) in [5.74, 6) is 0.396. The Kier molecular flexibility index (Phi) is 6.34. The molecule has 0 fully saturated rings. The molecule has 0 bridgehead atoms. The summed E-state index contributed by atoms with van der Waals surface area (Å²) in [7, 11) is 0. The maximum Gasteiger partial charge on any atom is 0.123 e.